The largest absolute Gasteiger partial charge is 0.388 e. The molecule has 6 rings (SSSR count). The lowest BCUT2D eigenvalue weighted by atomic mass is 9.64. The number of hydroxylamine groups is 1. The Bertz CT molecular complexity index is 813. The van der Waals surface area contributed by atoms with Crippen LogP contribution in [0.2, 0.25) is 0 Å². The molecule has 0 radical (unpaired) electrons. The average molecular weight is 358 g/mol. The molecule has 5 heterocycles. The minimum absolute atomic E-state index is 0.0149. The lowest BCUT2D eigenvalue weighted by molar-refractivity contribution is -0.197. The summed E-state index contributed by atoms with van der Waals surface area (Å²) in [6.07, 6.45) is -1.06. The third-order valence-corrected chi connectivity index (χ3v) is 6.87. The van der Waals surface area contributed by atoms with Gasteiger partial charge in [-0.15, -0.1) is 0 Å². The molecule has 6 unspecified atom stereocenters. The van der Waals surface area contributed by atoms with Crippen molar-refractivity contribution in [2.75, 3.05) is 18.8 Å². The fourth-order valence-corrected chi connectivity index (χ4v) is 5.73. The highest BCUT2D eigenvalue weighted by Gasteiger charge is 2.75. The molecule has 4 fully saturated rings. The van der Waals surface area contributed by atoms with Gasteiger partial charge in [-0.3, -0.25) is 19.7 Å². The normalized spacial score (nSPS) is 42.6. The molecule has 1 spiro atoms. The number of para-hydroxylation sites is 1. The Kier molecular flexibility index (Phi) is 3.23. The standard InChI is InChI=1S/C19H22N2O5/c1-3-14(22)19-11-9-26-16(15(19)23)18(8-12(11)20-19)10-6-4-5-7-13(10)21(25-2)17(18)24/h4-7,11-12,15-16,20,23H,3,8-9H2,1-2H3. The van der Waals surface area contributed by atoms with Crippen LogP contribution in [-0.2, 0) is 24.6 Å². The van der Waals surface area contributed by atoms with Crippen molar-refractivity contribution >= 4 is 17.4 Å². The lowest BCUT2D eigenvalue weighted by Crippen LogP contribution is -2.82. The molecule has 2 N–H and O–H groups in total. The number of amides is 1. The highest BCUT2D eigenvalue weighted by molar-refractivity contribution is 6.08. The summed E-state index contributed by atoms with van der Waals surface area (Å²) in [7, 11) is 1.46. The molecule has 0 saturated carbocycles. The van der Waals surface area contributed by atoms with Crippen LogP contribution >= 0.6 is 0 Å². The predicted octanol–water partition coefficient (Wildman–Crippen LogP) is 0.302. The van der Waals surface area contributed by atoms with Gasteiger partial charge in [0.2, 0.25) is 0 Å². The van der Waals surface area contributed by atoms with Crippen LogP contribution in [0.15, 0.2) is 24.3 Å². The number of anilines is 1. The first-order chi connectivity index (χ1) is 12.5. The van der Waals surface area contributed by atoms with Gasteiger partial charge in [0.05, 0.1) is 19.4 Å². The number of ketones is 1. The maximum Gasteiger partial charge on any atom is 0.264 e. The monoisotopic (exact) mass is 358 g/mol. The number of hydrogen-bond donors (Lipinski definition) is 2. The van der Waals surface area contributed by atoms with E-state index in [2.05, 4.69) is 5.32 Å². The van der Waals surface area contributed by atoms with E-state index in [0.717, 1.165) is 5.56 Å². The number of ether oxygens (including phenoxy) is 1. The number of rotatable bonds is 3. The maximum absolute atomic E-state index is 13.5. The van der Waals surface area contributed by atoms with E-state index < -0.39 is 23.2 Å². The van der Waals surface area contributed by atoms with Crippen LogP contribution in [0.25, 0.3) is 0 Å². The van der Waals surface area contributed by atoms with Gasteiger partial charge in [-0.1, -0.05) is 25.1 Å². The van der Waals surface area contributed by atoms with Crippen LogP contribution in [0.3, 0.4) is 0 Å². The summed E-state index contributed by atoms with van der Waals surface area (Å²) >= 11 is 0. The molecule has 7 heteroatoms. The average Bonchev–Trinajstić information content (AvgIpc) is 2.73. The van der Waals surface area contributed by atoms with Gasteiger partial charge in [-0.05, 0) is 18.1 Å². The number of aliphatic hydroxyl groups is 1. The van der Waals surface area contributed by atoms with Gasteiger partial charge in [-0.2, -0.15) is 5.06 Å². The molecule has 4 saturated heterocycles. The van der Waals surface area contributed by atoms with E-state index in [1.165, 1.54) is 12.2 Å². The smallest absolute Gasteiger partial charge is 0.264 e. The van der Waals surface area contributed by atoms with Crippen LogP contribution in [0, 0.1) is 5.92 Å². The molecule has 6 atom stereocenters. The van der Waals surface area contributed by atoms with Crippen LogP contribution in [0.1, 0.15) is 25.3 Å². The summed E-state index contributed by atoms with van der Waals surface area (Å²) in [5.41, 5.74) is -0.578. The summed E-state index contributed by atoms with van der Waals surface area (Å²) in [5.74, 6) is -0.365. The summed E-state index contributed by atoms with van der Waals surface area (Å²) in [4.78, 5) is 31.6. The SMILES string of the molecule is CCC(=O)C12NC3CC4(C(=O)N(OC)c5ccccc54)C(OCC31)C2O. The van der Waals surface area contributed by atoms with Crippen molar-refractivity contribution in [3.63, 3.8) is 0 Å². The van der Waals surface area contributed by atoms with Crippen molar-refractivity contribution in [3.8, 4) is 0 Å². The first kappa shape index (κ1) is 16.4. The molecule has 1 amide bonds. The number of aliphatic hydroxyl groups excluding tert-OH is 1. The Morgan fingerprint density at radius 1 is 1.46 bits per heavy atom. The van der Waals surface area contributed by atoms with E-state index in [4.69, 9.17) is 9.57 Å². The van der Waals surface area contributed by atoms with E-state index in [1.54, 1.807) is 6.92 Å². The number of hydrogen-bond acceptors (Lipinski definition) is 6. The maximum atomic E-state index is 13.5. The van der Waals surface area contributed by atoms with Gasteiger partial charge in [0.1, 0.15) is 23.2 Å². The second kappa shape index (κ2) is 5.13. The second-order valence-corrected chi connectivity index (χ2v) is 7.68. The van der Waals surface area contributed by atoms with Gasteiger partial charge in [-0.25, -0.2) is 0 Å². The minimum atomic E-state index is -1.08. The van der Waals surface area contributed by atoms with Crippen LogP contribution in [0.5, 0.6) is 0 Å². The molecule has 5 aliphatic heterocycles. The van der Waals surface area contributed by atoms with Crippen molar-refractivity contribution in [1.82, 2.24) is 5.32 Å². The third-order valence-electron chi connectivity index (χ3n) is 6.87. The van der Waals surface area contributed by atoms with Gasteiger partial charge >= 0.3 is 0 Å². The highest BCUT2D eigenvalue weighted by atomic mass is 16.7. The highest BCUT2D eigenvalue weighted by Crippen LogP contribution is 2.58. The van der Waals surface area contributed by atoms with E-state index in [-0.39, 0.29) is 23.7 Å². The molecule has 26 heavy (non-hydrogen) atoms. The Morgan fingerprint density at radius 2 is 2.23 bits per heavy atom. The van der Waals surface area contributed by atoms with Gasteiger partial charge in [0.15, 0.2) is 5.78 Å². The van der Waals surface area contributed by atoms with Crippen molar-refractivity contribution in [2.24, 2.45) is 5.92 Å². The summed E-state index contributed by atoms with van der Waals surface area (Å²) in [6, 6.07) is 7.40. The molecule has 138 valence electrons. The minimum Gasteiger partial charge on any atom is -0.388 e. The molecular weight excluding hydrogens is 336 g/mol. The third kappa shape index (κ3) is 1.55. The molecular formula is C19H22N2O5. The second-order valence-electron chi connectivity index (χ2n) is 7.68. The molecule has 7 nitrogen and oxygen atoms in total. The zero-order valence-corrected chi connectivity index (χ0v) is 14.8. The van der Waals surface area contributed by atoms with Gasteiger partial charge in [0.25, 0.3) is 5.91 Å². The number of fused-ring (bicyclic) bond motifs is 2. The van der Waals surface area contributed by atoms with Crippen molar-refractivity contribution in [3.05, 3.63) is 29.8 Å². The van der Waals surface area contributed by atoms with Crippen LogP contribution < -0.4 is 10.4 Å². The quantitative estimate of drug-likeness (QED) is 0.808. The molecule has 0 aromatic heterocycles. The number of carbonyl (C=O) groups is 2. The first-order valence-electron chi connectivity index (χ1n) is 9.11. The summed E-state index contributed by atoms with van der Waals surface area (Å²) in [6.45, 7) is 2.17. The molecule has 4 bridgehead atoms. The Hall–Kier alpha value is -1.80. The molecule has 1 aromatic carbocycles. The topological polar surface area (TPSA) is 88.1 Å². The number of carbonyl (C=O) groups excluding carboxylic acids is 2. The number of Topliss-reactive ketones (excluding diaryl/α,β-unsaturated/α-hetero) is 1. The molecule has 1 aromatic rings. The van der Waals surface area contributed by atoms with E-state index >= 15 is 0 Å². The number of benzene rings is 1. The van der Waals surface area contributed by atoms with Gasteiger partial charge < -0.3 is 9.84 Å². The molecule has 5 aliphatic rings. The fraction of sp³-hybridized carbons (Fsp3) is 0.579. The fourth-order valence-electron chi connectivity index (χ4n) is 5.73. The van der Waals surface area contributed by atoms with Crippen LogP contribution in [-0.4, -0.2) is 54.3 Å². The van der Waals surface area contributed by atoms with Crippen molar-refractivity contribution < 1.29 is 24.3 Å². The Morgan fingerprint density at radius 3 is 2.96 bits per heavy atom. The van der Waals surface area contributed by atoms with Gasteiger partial charge in [0, 0.05) is 18.4 Å². The summed E-state index contributed by atoms with van der Waals surface area (Å²) in [5, 5.41) is 15.9. The van der Waals surface area contributed by atoms with E-state index in [9.17, 15) is 14.7 Å². The van der Waals surface area contributed by atoms with Crippen molar-refractivity contribution in [1.29, 1.82) is 0 Å². The lowest BCUT2D eigenvalue weighted by Gasteiger charge is -2.58. The van der Waals surface area contributed by atoms with E-state index in [0.29, 0.717) is 25.1 Å². The number of nitrogens with zero attached hydrogens (tertiary/aromatic N) is 1. The Balaban J connectivity index is 1.71. The zero-order chi connectivity index (χ0) is 18.3. The van der Waals surface area contributed by atoms with Crippen LogP contribution in [0.4, 0.5) is 5.69 Å². The number of nitrogens with one attached hydrogen (secondary N) is 1. The van der Waals surface area contributed by atoms with E-state index in [1.807, 2.05) is 24.3 Å². The predicted molar refractivity (Wildman–Crippen MR) is 91.4 cm³/mol. The first-order valence-corrected chi connectivity index (χ1v) is 9.11. The summed E-state index contributed by atoms with van der Waals surface area (Å²) < 4.78 is 6.05. The van der Waals surface area contributed by atoms with Crippen molar-refractivity contribution in [2.45, 2.75) is 49.0 Å². The Labute approximate surface area is 151 Å². The molecule has 0 aliphatic carbocycles. The zero-order valence-electron chi connectivity index (χ0n) is 14.8.